The fraction of sp³-hybridized carbons (Fsp3) is 0.704. The van der Waals surface area contributed by atoms with E-state index in [1.54, 1.807) is 19.1 Å². The van der Waals surface area contributed by atoms with Crippen molar-refractivity contribution in [2.75, 3.05) is 140 Å². The molecule has 22 heteroatoms. The Hall–Kier alpha value is -6.58. The number of carboxylic acids is 1. The highest BCUT2D eigenvalue weighted by Crippen LogP contribution is 2.50. The molecule has 15 fully saturated rings. The fourth-order valence-corrected chi connectivity index (χ4v) is 27.3. The lowest BCUT2D eigenvalue weighted by Gasteiger charge is -2.48. The van der Waals surface area contributed by atoms with E-state index < -0.39 is 5.97 Å². The van der Waals surface area contributed by atoms with Gasteiger partial charge in [-0.05, 0) is 324 Å². The van der Waals surface area contributed by atoms with Gasteiger partial charge in [-0.1, -0.05) is 179 Å². The Morgan fingerprint density at radius 2 is 0.584 bits per heavy atom. The molecule has 10 heterocycles. The first-order valence-electron chi connectivity index (χ1n) is 54.0. The Balaban J connectivity index is 0.000000133. The van der Waals surface area contributed by atoms with Gasteiger partial charge < -0.3 is 59.0 Å². The number of carboxylic acid groups (broad SMARTS) is 1. The summed E-state index contributed by atoms with van der Waals surface area (Å²) in [5, 5.41) is 29.5. The van der Waals surface area contributed by atoms with Crippen molar-refractivity contribution in [1.82, 2.24) is 49.4 Å². The number of rotatable bonds is 20. The van der Waals surface area contributed by atoms with Crippen LogP contribution in [0.15, 0.2) is 152 Å². The summed E-state index contributed by atoms with van der Waals surface area (Å²) in [6, 6.07) is 55.1. The molecule has 0 bridgehead atoms. The van der Waals surface area contributed by atoms with Crippen LogP contribution in [0.5, 0.6) is 0 Å². The summed E-state index contributed by atoms with van der Waals surface area (Å²) in [4.78, 5) is 71.2. The van der Waals surface area contributed by atoms with E-state index in [1.807, 2.05) is 135 Å². The largest absolute Gasteiger partial charge is 0.481 e. The molecular weight excluding hydrogens is 1710 g/mol. The normalized spacial score (nSPS) is 33.7. The number of nitrogens with zero attached hydrogens (tertiary/aromatic N) is 9. The zero-order valence-corrected chi connectivity index (χ0v) is 85.7. The first kappa shape index (κ1) is 106. The van der Waals surface area contributed by atoms with Crippen molar-refractivity contribution in [3.63, 3.8) is 0 Å². The maximum atomic E-state index is 13.0. The van der Waals surface area contributed by atoms with Crippen LogP contribution in [-0.4, -0.2) is 318 Å². The smallest absolute Gasteiger partial charge is 0.307 e. The van der Waals surface area contributed by atoms with Crippen molar-refractivity contribution >= 4 is 23.7 Å². The van der Waals surface area contributed by atoms with Crippen molar-refractivity contribution in [2.24, 2.45) is 23.7 Å². The Bertz CT molecular complexity index is 4140. The lowest BCUT2D eigenvalue weighted by molar-refractivity contribution is -0.137. The number of nitrogens with one attached hydrogen (secondary N) is 1. The molecule has 10 saturated heterocycles. The van der Waals surface area contributed by atoms with Gasteiger partial charge in [-0.25, -0.2) is 0 Å². The second kappa shape index (κ2) is 51.1. The average Bonchev–Trinajstić information content (AvgIpc) is 1.70. The first-order chi connectivity index (χ1) is 66.3. The van der Waals surface area contributed by atoms with Crippen LogP contribution in [-0.2, 0) is 75.1 Å². The quantitative estimate of drug-likeness (QED) is 0.0570. The molecule has 5 aromatic carbocycles. The molecule has 758 valence electrons. The van der Waals surface area contributed by atoms with Crippen LogP contribution in [0.4, 0.5) is 0 Å². The van der Waals surface area contributed by atoms with Crippen LogP contribution in [0.3, 0.4) is 0 Å². The predicted octanol–water partition coefficient (Wildman–Crippen LogP) is 16.5. The van der Waals surface area contributed by atoms with Crippen LogP contribution in [0.1, 0.15) is 255 Å². The number of hydrogen-bond donors (Lipinski definition) is 4. The Kier molecular flexibility index (Phi) is 39.6. The number of likely N-dealkylation sites (N-methyl/N-ethyl adjacent to an activating group) is 5. The second-order valence-electron chi connectivity index (χ2n) is 44.8. The van der Waals surface area contributed by atoms with Crippen molar-refractivity contribution in [3.05, 3.63) is 179 Å². The SMILES string of the molecule is CC1CO[C@]2(CCC(N(C)Cc3ccccc3)[C@@H](N3CCCC3)C2)C1.CC1CO[C@]2(CC[C@H](N(C)C(=O)Cc3ccccc3)[C@@H](N3CCCC3)C2)C1.CC1CO[C@]2(CC[C@H](N(C)C(=O)Cc3ccccc3)[C@@H](N3CCCC3)C2)C1.CCO.CN(C(=O)Cc1ccccc1)[C@H]1CC[C@@]2(CC(O)CO2)C[C@@H]1N1CCCC1.CN[C@H]1CC[C@@]2(CC(C)CO2)C[C@@H]1N1CCCC1.O=C(O)Cc1ccccc1. The first-order valence-corrected chi connectivity index (χ1v) is 54.0. The fourth-order valence-electron chi connectivity index (χ4n) is 27.3. The predicted molar refractivity (Wildman–Crippen MR) is 547 cm³/mol. The number of aliphatic hydroxyl groups excluding tert-OH is 2. The summed E-state index contributed by atoms with van der Waals surface area (Å²) in [5.41, 5.74) is 5.88. The van der Waals surface area contributed by atoms with Gasteiger partial charge in [-0.3, -0.25) is 48.6 Å². The van der Waals surface area contributed by atoms with Crippen LogP contribution in [0.2, 0.25) is 0 Å². The van der Waals surface area contributed by atoms with Gasteiger partial charge >= 0.3 is 5.97 Å². The highest BCUT2D eigenvalue weighted by atomic mass is 16.5. The highest BCUT2D eigenvalue weighted by molar-refractivity contribution is 5.80. The van der Waals surface area contributed by atoms with E-state index in [1.165, 1.54) is 186 Å². The van der Waals surface area contributed by atoms with Crippen molar-refractivity contribution in [2.45, 2.75) is 354 Å². The molecule has 22 nitrogen and oxygen atoms in total. The molecule has 3 amide bonds. The van der Waals surface area contributed by atoms with Gasteiger partial charge in [0.2, 0.25) is 17.7 Å². The van der Waals surface area contributed by atoms with E-state index in [-0.39, 0.29) is 70.9 Å². The molecule has 5 aliphatic carbocycles. The average molecular weight is 1890 g/mol. The summed E-state index contributed by atoms with van der Waals surface area (Å²) < 4.78 is 31.4. The van der Waals surface area contributed by atoms with E-state index in [0.29, 0.717) is 92.1 Å². The van der Waals surface area contributed by atoms with Gasteiger partial charge in [0, 0.05) is 128 Å². The molecule has 4 N–H and O–H groups in total. The third kappa shape index (κ3) is 29.2. The molecule has 20 atom stereocenters. The number of carbonyl (C=O) groups excluding carboxylic acids is 3. The maximum Gasteiger partial charge on any atom is 0.307 e. The molecule has 6 unspecified atom stereocenters. The number of amides is 3. The molecule has 10 aliphatic heterocycles. The van der Waals surface area contributed by atoms with Crippen molar-refractivity contribution in [3.8, 4) is 0 Å². The lowest BCUT2D eigenvalue weighted by atomic mass is 9.75. The summed E-state index contributed by atoms with van der Waals surface area (Å²) in [6.07, 6.45) is 36.9. The van der Waals surface area contributed by atoms with Gasteiger partial charge in [0.1, 0.15) is 0 Å². The summed E-state index contributed by atoms with van der Waals surface area (Å²) in [7, 11) is 10.5. The van der Waals surface area contributed by atoms with Gasteiger partial charge in [-0.2, -0.15) is 0 Å². The van der Waals surface area contributed by atoms with Gasteiger partial charge in [-0.15, -0.1) is 0 Å². The van der Waals surface area contributed by atoms with Crippen LogP contribution in [0.25, 0.3) is 0 Å². The number of benzene rings is 5. The van der Waals surface area contributed by atoms with Crippen molar-refractivity contribution in [1.29, 1.82) is 0 Å². The zero-order valence-electron chi connectivity index (χ0n) is 85.7. The summed E-state index contributed by atoms with van der Waals surface area (Å²) in [6.45, 7) is 28.6. The van der Waals surface area contributed by atoms with E-state index in [9.17, 15) is 24.3 Å². The number of likely N-dealkylation sites (tertiary alicyclic amines) is 5. The minimum atomic E-state index is -0.786. The highest BCUT2D eigenvalue weighted by Gasteiger charge is 2.55. The lowest BCUT2D eigenvalue weighted by Crippen LogP contribution is -2.58. The number of carbonyl (C=O) groups is 4. The second-order valence-corrected chi connectivity index (χ2v) is 44.8. The third-order valence-electron chi connectivity index (χ3n) is 34.1. The monoisotopic (exact) mass is 1890 g/mol. The van der Waals surface area contributed by atoms with Crippen LogP contribution in [0, 0.1) is 23.7 Å². The molecule has 20 rings (SSSR count). The molecule has 5 saturated carbocycles. The number of aliphatic carboxylic acids is 1. The van der Waals surface area contributed by atoms with Crippen LogP contribution < -0.4 is 5.32 Å². The Morgan fingerprint density at radius 1 is 0.343 bits per heavy atom. The number of ether oxygens (including phenoxy) is 5. The van der Waals surface area contributed by atoms with E-state index in [0.717, 1.165) is 144 Å². The summed E-state index contributed by atoms with van der Waals surface area (Å²) >= 11 is 0. The standard InChI is InChI=1S/2C23H34N2O2.C22H32N2O3.C22H34N2O.C15H28N2O.C8H8O2.C2H6O/c2*1-18-15-23(27-17-18)11-10-20(21(16-23)25-12-6-7-13-25)24(2)22(26)14-19-8-4-3-5-9-19;1-23(21(26)13-17-7-3-2-4-8-17)19-9-10-22(14-18(25)16-27-22)15-20(19)24-11-5-6-12-24;1-18-14-22(25-17-18)11-10-20(21(15-22)24-12-6-7-13-24)23(2)16-19-8-4-3-5-9-19;1-12-9-15(18-11-12)6-5-13(16-2)14(10-15)17-7-3-4-8-17;9-8(10)6-7-4-2-1-3-5-7;1-2-3/h2*3-5,8-9,18,20-21H,6-7,10-17H2,1-2H3;2-4,7-8,18-20,25H,5-6,9-16H2,1H3;3-5,8-9,18,20-21H,6-7,10-17H2,1-2H3;12-14,16H,3-11H2,1-2H3;1-5H,6H2,(H,9,10);3H,2H2,1H3/t2*18?,20-,21-,23+;18?,19-,20-,22+;18?,20?,21-,22+;12?,13-,14-,15+;;/m00000../s1. The minimum Gasteiger partial charge on any atom is -0.481 e. The van der Waals surface area contributed by atoms with E-state index in [2.05, 4.69) is 117 Å². The molecule has 15 aliphatic rings. The van der Waals surface area contributed by atoms with Crippen molar-refractivity contribution < 1.29 is 58.2 Å². The minimum absolute atomic E-state index is 0.0620. The zero-order chi connectivity index (χ0) is 96.5. The number of hydrogen-bond acceptors (Lipinski definition) is 18. The number of aliphatic hydroxyl groups is 2. The van der Waals surface area contributed by atoms with Gasteiger partial charge in [0.15, 0.2) is 0 Å². The van der Waals surface area contributed by atoms with E-state index >= 15 is 0 Å². The molecule has 0 radical (unpaired) electrons. The molecular formula is C115H176N10O12. The van der Waals surface area contributed by atoms with Gasteiger partial charge in [0.25, 0.3) is 0 Å². The molecule has 137 heavy (non-hydrogen) atoms. The van der Waals surface area contributed by atoms with E-state index in [4.69, 9.17) is 33.9 Å². The van der Waals surface area contributed by atoms with Crippen LogP contribution >= 0.6 is 0 Å². The molecule has 5 spiro atoms. The summed E-state index contributed by atoms with van der Waals surface area (Å²) in [5.74, 6) is 2.72. The maximum absolute atomic E-state index is 13.0. The molecule has 5 aromatic rings. The Labute approximate surface area is 824 Å². The topological polar surface area (TPSA) is 216 Å². The molecule has 0 aromatic heterocycles. The Morgan fingerprint density at radius 3 is 0.847 bits per heavy atom. The van der Waals surface area contributed by atoms with Gasteiger partial charge in [0.05, 0.1) is 66.4 Å². The third-order valence-corrected chi connectivity index (χ3v) is 34.1.